The Bertz CT molecular complexity index is 319. The lowest BCUT2D eigenvalue weighted by atomic mass is 9.77. The fourth-order valence-electron chi connectivity index (χ4n) is 2.52. The molecule has 1 heterocycles. The van der Waals surface area contributed by atoms with E-state index < -0.39 is 5.54 Å². The summed E-state index contributed by atoms with van der Waals surface area (Å²) in [5.41, 5.74) is 2.32. The zero-order valence-corrected chi connectivity index (χ0v) is 7.99. The predicted molar refractivity (Wildman–Crippen MR) is 50.6 cm³/mol. The van der Waals surface area contributed by atoms with Gasteiger partial charge < -0.3 is 4.74 Å². The Morgan fingerprint density at radius 1 is 1.64 bits per heavy atom. The van der Waals surface area contributed by atoms with Gasteiger partial charge in [0.05, 0.1) is 12.2 Å². The van der Waals surface area contributed by atoms with Crippen LogP contribution in [0.15, 0.2) is 17.9 Å². The molecule has 1 aliphatic carbocycles. The quantitative estimate of drug-likeness (QED) is 0.363. The maximum absolute atomic E-state index is 11.2. The molecule has 14 heavy (non-hydrogen) atoms. The van der Waals surface area contributed by atoms with Gasteiger partial charge in [-0.1, -0.05) is 13.0 Å². The van der Waals surface area contributed by atoms with E-state index >= 15 is 0 Å². The number of hydrogen-bond donors (Lipinski definition) is 0. The number of ether oxygens (including phenoxy) is 1. The number of rotatable bonds is 1. The Morgan fingerprint density at radius 2 is 2.43 bits per heavy atom. The minimum Gasteiger partial charge on any atom is -0.365 e. The third-order valence-corrected chi connectivity index (χ3v) is 3.30. The van der Waals surface area contributed by atoms with Crippen molar-refractivity contribution in [3.8, 4) is 0 Å². The average molecular weight is 195 g/mol. The number of fused-ring (bicyclic) bond motifs is 1. The van der Waals surface area contributed by atoms with Gasteiger partial charge in [-0.15, -0.1) is 5.73 Å². The van der Waals surface area contributed by atoms with Crippen LogP contribution in [0.3, 0.4) is 0 Å². The normalized spacial score (nSPS) is 36.3. The van der Waals surface area contributed by atoms with Gasteiger partial charge in [-0.25, -0.2) is 0 Å². The third kappa shape index (κ3) is 1.04. The van der Waals surface area contributed by atoms with Crippen molar-refractivity contribution in [1.29, 1.82) is 0 Å². The second kappa shape index (κ2) is 3.23. The Labute approximate surface area is 82.4 Å². The van der Waals surface area contributed by atoms with Crippen molar-refractivity contribution in [2.24, 2.45) is 0 Å². The molecule has 2 fully saturated rings. The first-order valence-electron chi connectivity index (χ1n) is 4.87. The van der Waals surface area contributed by atoms with E-state index in [1.54, 1.807) is 0 Å². The predicted octanol–water partition coefficient (Wildman–Crippen LogP) is 1.69. The zero-order chi connectivity index (χ0) is 10.2. The van der Waals surface area contributed by atoms with Gasteiger partial charge in [0.2, 0.25) is 0 Å². The van der Waals surface area contributed by atoms with Crippen molar-refractivity contribution in [1.82, 2.24) is 0 Å². The summed E-state index contributed by atoms with van der Waals surface area (Å²) >= 11 is 0. The van der Waals surface area contributed by atoms with Crippen LogP contribution < -0.4 is 0 Å². The first kappa shape index (κ1) is 9.44. The molecule has 0 aromatic carbocycles. The SMILES string of the molecule is C=C=C1COC2CCCCC12[N+](=O)[O-]. The number of nitro groups is 1. The summed E-state index contributed by atoms with van der Waals surface area (Å²) < 4.78 is 5.44. The molecule has 4 nitrogen and oxygen atoms in total. The van der Waals surface area contributed by atoms with E-state index in [-0.39, 0.29) is 11.0 Å². The molecule has 4 heteroatoms. The molecular weight excluding hydrogens is 182 g/mol. The first-order chi connectivity index (χ1) is 6.71. The maximum Gasteiger partial charge on any atom is 0.278 e. The Hall–Kier alpha value is -1.12. The van der Waals surface area contributed by atoms with E-state index in [4.69, 9.17) is 4.74 Å². The Balaban J connectivity index is 2.45. The highest BCUT2D eigenvalue weighted by molar-refractivity contribution is 5.24. The van der Waals surface area contributed by atoms with Crippen LogP contribution in [0.2, 0.25) is 0 Å². The Morgan fingerprint density at radius 3 is 3.07 bits per heavy atom. The first-order valence-corrected chi connectivity index (χ1v) is 4.87. The summed E-state index contributed by atoms with van der Waals surface area (Å²) in [5.74, 6) is 0. The van der Waals surface area contributed by atoms with E-state index in [1.165, 1.54) is 0 Å². The summed E-state index contributed by atoms with van der Waals surface area (Å²) in [6.45, 7) is 3.84. The topological polar surface area (TPSA) is 52.4 Å². The largest absolute Gasteiger partial charge is 0.365 e. The van der Waals surface area contributed by atoms with Crippen molar-refractivity contribution < 1.29 is 9.66 Å². The van der Waals surface area contributed by atoms with Crippen LogP contribution in [0.25, 0.3) is 0 Å². The maximum atomic E-state index is 11.2. The van der Waals surface area contributed by atoms with Crippen molar-refractivity contribution in [3.05, 3.63) is 28.0 Å². The highest BCUT2D eigenvalue weighted by Crippen LogP contribution is 2.43. The summed E-state index contributed by atoms with van der Waals surface area (Å²) in [6, 6.07) is 0. The highest BCUT2D eigenvalue weighted by Gasteiger charge is 2.59. The molecular formula is C10H13NO3. The number of hydrogen-bond acceptors (Lipinski definition) is 3. The van der Waals surface area contributed by atoms with E-state index in [0.717, 1.165) is 19.3 Å². The highest BCUT2D eigenvalue weighted by atomic mass is 16.6. The minimum atomic E-state index is -1.00. The molecule has 1 saturated heterocycles. The van der Waals surface area contributed by atoms with Crippen LogP contribution in [0.1, 0.15) is 25.7 Å². The van der Waals surface area contributed by atoms with Gasteiger partial charge in [0.1, 0.15) is 6.10 Å². The van der Waals surface area contributed by atoms with Gasteiger partial charge in [0.25, 0.3) is 5.54 Å². The van der Waals surface area contributed by atoms with Crippen LogP contribution in [0.5, 0.6) is 0 Å². The van der Waals surface area contributed by atoms with Crippen LogP contribution in [-0.2, 0) is 4.74 Å². The molecule has 0 radical (unpaired) electrons. The molecule has 2 atom stereocenters. The number of nitrogens with zero attached hydrogens (tertiary/aromatic N) is 1. The zero-order valence-electron chi connectivity index (χ0n) is 7.99. The molecule has 0 bridgehead atoms. The minimum absolute atomic E-state index is 0.197. The summed E-state index contributed by atoms with van der Waals surface area (Å²) in [7, 11) is 0. The molecule has 2 aliphatic rings. The molecule has 0 spiro atoms. The lowest BCUT2D eigenvalue weighted by Crippen LogP contribution is -2.49. The van der Waals surface area contributed by atoms with Gasteiger partial charge in [0.15, 0.2) is 0 Å². The van der Waals surface area contributed by atoms with Crippen LogP contribution in [-0.4, -0.2) is 23.2 Å². The molecule has 0 N–H and O–H groups in total. The average Bonchev–Trinajstić information content (AvgIpc) is 2.57. The molecule has 0 amide bonds. The summed E-state index contributed by atoms with van der Waals surface area (Å²) in [5, 5.41) is 11.2. The van der Waals surface area contributed by atoms with E-state index in [1.807, 2.05) is 0 Å². The Kier molecular flexibility index (Phi) is 2.17. The summed E-state index contributed by atoms with van der Waals surface area (Å²) in [4.78, 5) is 11.0. The van der Waals surface area contributed by atoms with Gasteiger partial charge in [0, 0.05) is 11.3 Å². The molecule has 2 unspecified atom stereocenters. The standard InChI is InChI=1S/C10H13NO3/c1-2-8-7-14-9-5-3-4-6-10(8,9)11(12)13/h9H,1,3-7H2. The lowest BCUT2D eigenvalue weighted by molar-refractivity contribution is -0.568. The second-order valence-electron chi connectivity index (χ2n) is 3.88. The molecule has 2 rings (SSSR count). The van der Waals surface area contributed by atoms with Crippen LogP contribution in [0, 0.1) is 10.1 Å². The van der Waals surface area contributed by atoms with Crippen molar-refractivity contribution in [2.45, 2.75) is 37.3 Å². The van der Waals surface area contributed by atoms with Crippen LogP contribution in [0.4, 0.5) is 0 Å². The lowest BCUT2D eigenvalue weighted by Gasteiger charge is -2.29. The fraction of sp³-hybridized carbons (Fsp3) is 0.700. The summed E-state index contributed by atoms with van der Waals surface area (Å²) in [6.07, 6.45) is 3.02. The molecule has 0 aromatic rings. The van der Waals surface area contributed by atoms with Crippen LogP contribution >= 0.6 is 0 Å². The van der Waals surface area contributed by atoms with Gasteiger partial charge in [-0.05, 0) is 12.8 Å². The van der Waals surface area contributed by atoms with E-state index in [9.17, 15) is 10.1 Å². The third-order valence-electron chi connectivity index (χ3n) is 3.30. The van der Waals surface area contributed by atoms with Gasteiger partial charge in [-0.3, -0.25) is 10.1 Å². The fourth-order valence-corrected chi connectivity index (χ4v) is 2.52. The van der Waals surface area contributed by atoms with Gasteiger partial charge >= 0.3 is 0 Å². The van der Waals surface area contributed by atoms with Crippen molar-refractivity contribution in [3.63, 3.8) is 0 Å². The second-order valence-corrected chi connectivity index (χ2v) is 3.88. The smallest absolute Gasteiger partial charge is 0.278 e. The van der Waals surface area contributed by atoms with E-state index in [0.29, 0.717) is 18.6 Å². The molecule has 76 valence electrons. The monoisotopic (exact) mass is 195 g/mol. The van der Waals surface area contributed by atoms with E-state index in [2.05, 4.69) is 12.3 Å². The van der Waals surface area contributed by atoms with Gasteiger partial charge in [-0.2, -0.15) is 0 Å². The van der Waals surface area contributed by atoms with Crippen molar-refractivity contribution in [2.75, 3.05) is 6.61 Å². The molecule has 0 aromatic heterocycles. The molecule has 1 aliphatic heterocycles. The van der Waals surface area contributed by atoms with Crippen molar-refractivity contribution >= 4 is 0 Å². The molecule has 1 saturated carbocycles.